The first kappa shape index (κ1) is 27.2. The fourth-order valence-corrected chi connectivity index (χ4v) is 4.54. The molecule has 0 aliphatic rings. The van der Waals surface area contributed by atoms with Gasteiger partial charge in [-0.05, 0) is 41.8 Å². The number of carbonyl (C=O) groups is 1. The Morgan fingerprint density at radius 1 is 1.00 bits per heavy atom. The molecule has 0 aliphatic heterocycles. The number of aromatic nitrogens is 3. The summed E-state index contributed by atoms with van der Waals surface area (Å²) in [6, 6.07) is 16.9. The first-order valence-electron chi connectivity index (χ1n) is 11.8. The largest absolute Gasteiger partial charge is 0.431 e. The van der Waals surface area contributed by atoms with Gasteiger partial charge in [-0.2, -0.15) is 13.2 Å². The topological polar surface area (TPSA) is 54.3 Å². The predicted octanol–water partition coefficient (Wildman–Crippen LogP) is 6.31. The number of carbonyl (C=O) groups excluding carboxylic acids is 1. The van der Waals surface area contributed by atoms with E-state index >= 15 is 0 Å². The van der Waals surface area contributed by atoms with Gasteiger partial charge in [0.1, 0.15) is 11.4 Å². The van der Waals surface area contributed by atoms with Gasteiger partial charge in [-0.25, -0.2) is 9.97 Å². The van der Waals surface area contributed by atoms with Crippen LogP contribution in [-0.4, -0.2) is 46.5 Å². The van der Waals surface area contributed by atoms with Gasteiger partial charge in [0.25, 0.3) is 5.91 Å². The van der Waals surface area contributed by atoms with Gasteiger partial charge >= 0.3 is 6.18 Å². The zero-order chi connectivity index (χ0) is 27.6. The molecule has 198 valence electrons. The van der Waals surface area contributed by atoms with Crippen molar-refractivity contribution in [3.8, 4) is 11.1 Å². The molecule has 38 heavy (non-hydrogen) atoms. The Labute approximate surface area is 224 Å². The highest BCUT2D eigenvalue weighted by molar-refractivity contribution is 6.30. The number of benzene rings is 2. The minimum absolute atomic E-state index is 0.0237. The number of hydrogen-bond donors (Lipinski definition) is 0. The van der Waals surface area contributed by atoms with E-state index in [1.807, 2.05) is 0 Å². The van der Waals surface area contributed by atoms with Crippen molar-refractivity contribution in [3.63, 3.8) is 0 Å². The third kappa shape index (κ3) is 5.67. The van der Waals surface area contributed by atoms with Gasteiger partial charge in [-0.1, -0.05) is 54.1 Å². The number of amides is 1. The Kier molecular flexibility index (Phi) is 7.78. The maximum absolute atomic E-state index is 14.5. The summed E-state index contributed by atoms with van der Waals surface area (Å²) in [5.74, 6) is -0.0950. The molecule has 2 heterocycles. The summed E-state index contributed by atoms with van der Waals surface area (Å²) < 4.78 is 44.7. The molecular formula is C28H27ClF3N5O. The molecule has 0 N–H and O–H groups in total. The molecule has 10 heteroatoms. The number of hydrogen-bond acceptors (Lipinski definition) is 4. The summed E-state index contributed by atoms with van der Waals surface area (Å²) in [6.45, 7) is 1.36. The summed E-state index contributed by atoms with van der Waals surface area (Å²) in [4.78, 5) is 25.7. The van der Waals surface area contributed by atoms with Crippen LogP contribution in [0.2, 0.25) is 5.02 Å². The highest BCUT2D eigenvalue weighted by atomic mass is 35.5. The molecule has 1 amide bonds. The van der Waals surface area contributed by atoms with Crippen LogP contribution in [0.15, 0.2) is 66.9 Å². The highest BCUT2D eigenvalue weighted by Crippen LogP contribution is 2.42. The Morgan fingerprint density at radius 3 is 2.26 bits per heavy atom. The first-order chi connectivity index (χ1) is 18.0. The third-order valence-corrected chi connectivity index (χ3v) is 6.39. The zero-order valence-electron chi connectivity index (χ0n) is 21.4. The average molecular weight is 542 g/mol. The molecule has 2 aromatic carbocycles. The molecule has 0 saturated carbocycles. The van der Waals surface area contributed by atoms with E-state index in [1.54, 1.807) is 92.9 Å². The lowest BCUT2D eigenvalue weighted by molar-refractivity contribution is -0.143. The molecule has 2 aromatic heterocycles. The molecular weight excluding hydrogens is 515 g/mol. The van der Waals surface area contributed by atoms with Gasteiger partial charge in [0.15, 0.2) is 0 Å². The lowest BCUT2D eigenvalue weighted by Crippen LogP contribution is -2.30. The molecule has 0 radical (unpaired) electrons. The van der Waals surface area contributed by atoms with Crippen LogP contribution in [0, 0.1) is 6.92 Å². The Hall–Kier alpha value is -3.85. The monoisotopic (exact) mass is 541 g/mol. The minimum Gasteiger partial charge on any atom is -0.347 e. The zero-order valence-corrected chi connectivity index (χ0v) is 22.2. The van der Waals surface area contributed by atoms with Crippen LogP contribution in [0.3, 0.4) is 0 Å². The van der Waals surface area contributed by atoms with E-state index in [1.165, 1.54) is 11.8 Å². The van der Waals surface area contributed by atoms with Gasteiger partial charge in [-0.15, -0.1) is 0 Å². The Balaban J connectivity index is 1.89. The molecule has 4 rings (SSSR count). The average Bonchev–Trinajstić information content (AvgIpc) is 3.16. The molecule has 6 nitrogen and oxygen atoms in total. The van der Waals surface area contributed by atoms with Crippen molar-refractivity contribution in [1.29, 1.82) is 0 Å². The molecule has 0 fully saturated rings. The summed E-state index contributed by atoms with van der Waals surface area (Å²) in [5.41, 5.74) is 0.950. The van der Waals surface area contributed by atoms with Crippen molar-refractivity contribution >= 4 is 23.5 Å². The van der Waals surface area contributed by atoms with E-state index in [2.05, 4.69) is 9.97 Å². The van der Waals surface area contributed by atoms with Crippen LogP contribution < -0.4 is 4.90 Å². The van der Waals surface area contributed by atoms with Crippen LogP contribution in [-0.2, 0) is 19.3 Å². The van der Waals surface area contributed by atoms with Crippen molar-refractivity contribution < 1.29 is 18.0 Å². The summed E-state index contributed by atoms with van der Waals surface area (Å²) >= 11 is 6.06. The van der Waals surface area contributed by atoms with Gasteiger partial charge in [0.05, 0.1) is 12.2 Å². The number of anilines is 1. The van der Waals surface area contributed by atoms with E-state index in [0.717, 1.165) is 4.57 Å². The normalized spacial score (nSPS) is 11.5. The van der Waals surface area contributed by atoms with E-state index < -0.39 is 17.8 Å². The number of nitrogens with zero attached hydrogens (tertiary/aromatic N) is 5. The lowest BCUT2D eigenvalue weighted by Gasteiger charge is -2.21. The second-order valence-electron chi connectivity index (χ2n) is 9.18. The van der Waals surface area contributed by atoms with Crippen molar-refractivity contribution in [2.45, 2.75) is 26.2 Å². The van der Waals surface area contributed by atoms with Crippen LogP contribution in [0.4, 0.5) is 19.1 Å². The molecule has 4 aromatic rings. The fourth-order valence-electron chi connectivity index (χ4n) is 4.41. The molecule has 0 atom stereocenters. The van der Waals surface area contributed by atoms with Gasteiger partial charge in [0.2, 0.25) is 5.95 Å². The van der Waals surface area contributed by atoms with Gasteiger partial charge in [0, 0.05) is 44.5 Å². The molecule has 0 bridgehead atoms. The smallest absolute Gasteiger partial charge is 0.347 e. The third-order valence-electron chi connectivity index (χ3n) is 6.14. The summed E-state index contributed by atoms with van der Waals surface area (Å²) in [5, 5.41) is 0.441. The van der Waals surface area contributed by atoms with Gasteiger partial charge in [-0.3, -0.25) is 4.79 Å². The van der Waals surface area contributed by atoms with Crippen molar-refractivity contribution in [3.05, 3.63) is 100 Å². The maximum Gasteiger partial charge on any atom is 0.431 e. The number of alkyl halides is 3. The number of rotatable bonds is 7. The fraction of sp³-hybridized carbons (Fsp3) is 0.250. The van der Waals surface area contributed by atoms with E-state index in [9.17, 15) is 18.0 Å². The van der Waals surface area contributed by atoms with Crippen molar-refractivity contribution in [2.75, 3.05) is 26.0 Å². The summed E-state index contributed by atoms with van der Waals surface area (Å²) in [6.07, 6.45) is -3.11. The van der Waals surface area contributed by atoms with Crippen LogP contribution in [0.5, 0.6) is 0 Å². The molecule has 0 aliphatic carbocycles. The predicted molar refractivity (Wildman–Crippen MR) is 142 cm³/mol. The standard InChI is InChI=1S/C28H27ClF3N5O/c1-18-23(20-10-12-21(29)13-11-20)24(26(38)36(4)17-22-14-15-33-27(34-22)35(2)3)37(25(18)28(30,31)32)16-19-8-6-5-7-9-19/h5-15H,16-17H2,1-4H3. The summed E-state index contributed by atoms with van der Waals surface area (Å²) in [7, 11) is 5.14. The van der Waals surface area contributed by atoms with Gasteiger partial charge < -0.3 is 14.4 Å². The van der Waals surface area contributed by atoms with Crippen molar-refractivity contribution in [2.24, 2.45) is 0 Å². The Bertz CT molecular complexity index is 1430. The second-order valence-corrected chi connectivity index (χ2v) is 9.61. The van der Waals surface area contributed by atoms with E-state index in [4.69, 9.17) is 11.6 Å². The van der Waals surface area contributed by atoms with Crippen LogP contribution in [0.25, 0.3) is 11.1 Å². The minimum atomic E-state index is -4.69. The lowest BCUT2D eigenvalue weighted by atomic mass is 10.00. The van der Waals surface area contributed by atoms with E-state index in [0.29, 0.717) is 27.8 Å². The van der Waals surface area contributed by atoms with E-state index in [-0.39, 0.29) is 29.9 Å². The van der Waals surface area contributed by atoms with Crippen LogP contribution >= 0.6 is 11.6 Å². The molecule has 0 saturated heterocycles. The molecule has 0 unspecified atom stereocenters. The Morgan fingerprint density at radius 2 is 1.66 bits per heavy atom. The maximum atomic E-state index is 14.5. The van der Waals surface area contributed by atoms with Crippen LogP contribution in [0.1, 0.15) is 33.0 Å². The highest BCUT2D eigenvalue weighted by Gasteiger charge is 2.41. The SMILES string of the molecule is Cc1c(-c2ccc(Cl)cc2)c(C(=O)N(C)Cc2ccnc(N(C)C)n2)n(Cc2ccccc2)c1C(F)(F)F. The quantitative estimate of drug-likeness (QED) is 0.275. The molecule has 0 spiro atoms. The number of halogens is 4. The van der Waals surface area contributed by atoms with Crippen molar-refractivity contribution in [1.82, 2.24) is 19.4 Å². The second kappa shape index (κ2) is 10.9. The first-order valence-corrected chi connectivity index (χ1v) is 12.2.